The topological polar surface area (TPSA) is 57.0 Å². The smallest absolute Gasteiger partial charge is 0.389 e. The SMILES string of the molecule is NC(=S)c1cccc(-c2cn(CCCC(F)(F)F)c3ccc(N)cc23)c1. The zero-order valence-corrected chi connectivity index (χ0v) is 14.7. The second-order valence-electron chi connectivity index (χ2n) is 6.18. The van der Waals surface area contributed by atoms with Gasteiger partial charge in [0.2, 0.25) is 0 Å². The van der Waals surface area contributed by atoms with E-state index in [-0.39, 0.29) is 13.0 Å². The minimum Gasteiger partial charge on any atom is -0.399 e. The van der Waals surface area contributed by atoms with Gasteiger partial charge in [0.1, 0.15) is 4.99 Å². The second-order valence-corrected chi connectivity index (χ2v) is 6.62. The van der Waals surface area contributed by atoms with E-state index in [4.69, 9.17) is 23.7 Å². The molecular formula is C19H18F3N3S. The highest BCUT2D eigenvalue weighted by atomic mass is 32.1. The van der Waals surface area contributed by atoms with E-state index in [0.717, 1.165) is 27.6 Å². The van der Waals surface area contributed by atoms with Crippen LogP contribution >= 0.6 is 12.2 Å². The monoisotopic (exact) mass is 377 g/mol. The predicted molar refractivity (Wildman–Crippen MR) is 103 cm³/mol. The molecule has 136 valence electrons. The fraction of sp³-hybridized carbons (Fsp3) is 0.211. The standard InChI is InChI=1S/C19H18F3N3S/c20-19(21,22)7-2-8-25-11-16(15-10-14(23)5-6-17(15)25)12-3-1-4-13(9-12)18(24)26/h1,3-6,9-11H,2,7-8,23H2,(H2,24,26). The summed E-state index contributed by atoms with van der Waals surface area (Å²) in [6.45, 7) is 0.273. The molecule has 3 aromatic rings. The number of nitrogens with two attached hydrogens (primary N) is 2. The van der Waals surface area contributed by atoms with E-state index < -0.39 is 12.6 Å². The Labute approximate surface area is 154 Å². The van der Waals surface area contributed by atoms with Gasteiger partial charge in [-0.3, -0.25) is 0 Å². The zero-order chi connectivity index (χ0) is 18.9. The van der Waals surface area contributed by atoms with Crippen molar-refractivity contribution < 1.29 is 13.2 Å². The maximum atomic E-state index is 12.5. The van der Waals surface area contributed by atoms with Crippen molar-refractivity contribution in [3.63, 3.8) is 0 Å². The Morgan fingerprint density at radius 1 is 1.12 bits per heavy atom. The molecule has 0 atom stereocenters. The highest BCUT2D eigenvalue weighted by Gasteiger charge is 2.26. The van der Waals surface area contributed by atoms with Crippen molar-refractivity contribution in [2.24, 2.45) is 5.73 Å². The Bertz CT molecular complexity index is 960. The number of benzene rings is 2. The molecule has 0 amide bonds. The maximum Gasteiger partial charge on any atom is 0.389 e. The molecule has 0 aliphatic heterocycles. The van der Waals surface area contributed by atoms with Crippen LogP contribution in [0.25, 0.3) is 22.0 Å². The van der Waals surface area contributed by atoms with E-state index >= 15 is 0 Å². The summed E-state index contributed by atoms with van der Waals surface area (Å²) in [5.74, 6) is 0. The van der Waals surface area contributed by atoms with Crippen LogP contribution in [0.1, 0.15) is 18.4 Å². The summed E-state index contributed by atoms with van der Waals surface area (Å²) < 4.78 is 39.2. The number of nitrogens with zero attached hydrogens (tertiary/aromatic N) is 1. The average molecular weight is 377 g/mol. The molecule has 0 spiro atoms. The molecule has 0 radical (unpaired) electrons. The molecule has 7 heteroatoms. The summed E-state index contributed by atoms with van der Waals surface area (Å²) in [4.78, 5) is 0.292. The van der Waals surface area contributed by atoms with Gasteiger partial charge in [0, 0.05) is 46.9 Å². The predicted octanol–water partition coefficient (Wildman–Crippen LogP) is 4.87. The lowest BCUT2D eigenvalue weighted by Crippen LogP contribution is -2.09. The first-order valence-electron chi connectivity index (χ1n) is 8.10. The molecule has 0 saturated heterocycles. The number of hydrogen-bond donors (Lipinski definition) is 2. The van der Waals surface area contributed by atoms with Crippen LogP contribution < -0.4 is 11.5 Å². The van der Waals surface area contributed by atoms with Gasteiger partial charge in [-0.15, -0.1) is 0 Å². The van der Waals surface area contributed by atoms with Crippen LogP contribution in [0.15, 0.2) is 48.7 Å². The first-order valence-corrected chi connectivity index (χ1v) is 8.51. The quantitative estimate of drug-likeness (QED) is 0.493. The van der Waals surface area contributed by atoms with Crippen LogP contribution in [-0.2, 0) is 6.54 Å². The average Bonchev–Trinajstić information content (AvgIpc) is 2.91. The molecule has 0 aliphatic rings. The Kier molecular flexibility index (Phi) is 4.91. The summed E-state index contributed by atoms with van der Waals surface area (Å²) in [6, 6.07) is 12.9. The van der Waals surface area contributed by atoms with E-state index in [0.29, 0.717) is 10.7 Å². The Morgan fingerprint density at radius 2 is 1.88 bits per heavy atom. The summed E-state index contributed by atoms with van der Waals surface area (Å²) in [5.41, 5.74) is 15.6. The lowest BCUT2D eigenvalue weighted by molar-refractivity contribution is -0.135. The van der Waals surface area contributed by atoms with Gasteiger partial charge in [0.15, 0.2) is 0 Å². The maximum absolute atomic E-state index is 12.5. The summed E-state index contributed by atoms with van der Waals surface area (Å²) in [5, 5.41) is 0.886. The third kappa shape index (κ3) is 3.99. The number of aryl methyl sites for hydroxylation is 1. The van der Waals surface area contributed by atoms with Gasteiger partial charge in [-0.25, -0.2) is 0 Å². The third-order valence-corrected chi connectivity index (χ3v) is 4.46. The number of rotatable bonds is 5. The van der Waals surface area contributed by atoms with Crippen molar-refractivity contribution in [3.8, 4) is 11.1 Å². The van der Waals surface area contributed by atoms with Crippen LogP contribution in [0, 0.1) is 0 Å². The van der Waals surface area contributed by atoms with Crippen LogP contribution in [0.5, 0.6) is 0 Å². The van der Waals surface area contributed by atoms with Gasteiger partial charge < -0.3 is 16.0 Å². The summed E-state index contributed by atoms with van der Waals surface area (Å²) in [7, 11) is 0. The number of fused-ring (bicyclic) bond motifs is 1. The molecule has 0 saturated carbocycles. The molecule has 1 heterocycles. The van der Waals surface area contributed by atoms with Crippen LogP contribution in [0.4, 0.5) is 18.9 Å². The molecule has 3 rings (SSSR count). The van der Waals surface area contributed by atoms with E-state index in [1.165, 1.54) is 0 Å². The number of halogens is 3. The molecule has 0 bridgehead atoms. The third-order valence-electron chi connectivity index (χ3n) is 4.22. The van der Waals surface area contributed by atoms with Crippen molar-refractivity contribution in [2.75, 3.05) is 5.73 Å². The first-order chi connectivity index (χ1) is 12.2. The van der Waals surface area contributed by atoms with E-state index in [1.54, 1.807) is 6.07 Å². The van der Waals surface area contributed by atoms with E-state index in [9.17, 15) is 13.2 Å². The molecular weight excluding hydrogens is 359 g/mol. The van der Waals surface area contributed by atoms with Crippen LogP contribution in [0.3, 0.4) is 0 Å². The summed E-state index contributed by atoms with van der Waals surface area (Å²) >= 11 is 5.03. The normalized spacial score (nSPS) is 11.8. The number of anilines is 1. The number of thiocarbonyl (C=S) groups is 1. The van der Waals surface area contributed by atoms with Gasteiger partial charge in [0.05, 0.1) is 0 Å². The number of aromatic nitrogens is 1. The van der Waals surface area contributed by atoms with Crippen LogP contribution in [-0.4, -0.2) is 15.7 Å². The molecule has 0 fully saturated rings. The van der Waals surface area contributed by atoms with Gasteiger partial charge in [-0.05, 0) is 36.2 Å². The molecule has 26 heavy (non-hydrogen) atoms. The highest BCUT2D eigenvalue weighted by molar-refractivity contribution is 7.80. The van der Waals surface area contributed by atoms with Gasteiger partial charge in [-0.1, -0.05) is 30.4 Å². The fourth-order valence-electron chi connectivity index (χ4n) is 3.02. The molecule has 0 unspecified atom stereocenters. The minimum absolute atomic E-state index is 0.0179. The molecule has 4 N–H and O–H groups in total. The number of hydrogen-bond acceptors (Lipinski definition) is 2. The molecule has 2 aromatic carbocycles. The highest BCUT2D eigenvalue weighted by Crippen LogP contribution is 2.33. The van der Waals surface area contributed by atoms with Crippen LogP contribution in [0.2, 0.25) is 0 Å². The minimum atomic E-state index is -4.15. The van der Waals surface area contributed by atoms with Crippen molar-refractivity contribution in [2.45, 2.75) is 25.6 Å². The summed E-state index contributed by atoms with van der Waals surface area (Å²) in [6.07, 6.45) is -3.08. The first kappa shape index (κ1) is 18.3. The van der Waals surface area contributed by atoms with E-state index in [1.807, 2.05) is 47.2 Å². The van der Waals surface area contributed by atoms with Gasteiger partial charge in [0.25, 0.3) is 0 Å². The molecule has 0 aliphatic carbocycles. The molecule has 1 aromatic heterocycles. The van der Waals surface area contributed by atoms with Crippen molar-refractivity contribution >= 4 is 33.8 Å². The van der Waals surface area contributed by atoms with Crippen molar-refractivity contribution in [1.82, 2.24) is 4.57 Å². The second kappa shape index (κ2) is 6.99. The number of alkyl halides is 3. The number of nitrogen functional groups attached to an aromatic ring is 1. The lowest BCUT2D eigenvalue weighted by atomic mass is 10.0. The Balaban J connectivity index is 2.04. The van der Waals surface area contributed by atoms with Gasteiger partial charge >= 0.3 is 6.18 Å². The molecule has 3 nitrogen and oxygen atoms in total. The Morgan fingerprint density at radius 3 is 2.58 bits per heavy atom. The van der Waals surface area contributed by atoms with E-state index in [2.05, 4.69) is 0 Å². The fourth-order valence-corrected chi connectivity index (χ4v) is 3.15. The largest absolute Gasteiger partial charge is 0.399 e. The zero-order valence-electron chi connectivity index (χ0n) is 13.9. The Hall–Kier alpha value is -2.54. The van der Waals surface area contributed by atoms with Gasteiger partial charge in [-0.2, -0.15) is 13.2 Å². The van der Waals surface area contributed by atoms with Crippen molar-refractivity contribution in [1.29, 1.82) is 0 Å². The van der Waals surface area contributed by atoms with Crippen molar-refractivity contribution in [3.05, 3.63) is 54.2 Å². The lowest BCUT2D eigenvalue weighted by Gasteiger charge is -2.08.